The number of hydrogen-bond acceptors (Lipinski definition) is 2. The van der Waals surface area contributed by atoms with Crippen LogP contribution in [0.4, 0.5) is 14.5 Å². The summed E-state index contributed by atoms with van der Waals surface area (Å²) in [5, 5.41) is 0. The molecular formula is C16H15F2NO. The first-order valence-corrected chi connectivity index (χ1v) is 6.40. The van der Waals surface area contributed by atoms with Crippen molar-refractivity contribution in [3.63, 3.8) is 0 Å². The van der Waals surface area contributed by atoms with Crippen LogP contribution in [0.2, 0.25) is 0 Å². The van der Waals surface area contributed by atoms with Gasteiger partial charge in [0.15, 0.2) is 5.78 Å². The SMILES string of the molecule is CCN(CC(=O)c1ccccc1F)c1ccccc1F. The molecule has 0 amide bonds. The van der Waals surface area contributed by atoms with Gasteiger partial charge in [-0.15, -0.1) is 0 Å². The predicted octanol–water partition coefficient (Wildman–Crippen LogP) is 3.67. The summed E-state index contributed by atoms with van der Waals surface area (Å²) in [5.41, 5.74) is 0.377. The van der Waals surface area contributed by atoms with E-state index in [0.29, 0.717) is 12.2 Å². The summed E-state index contributed by atoms with van der Waals surface area (Å²) in [6.07, 6.45) is 0. The van der Waals surface area contributed by atoms with Gasteiger partial charge in [-0.2, -0.15) is 0 Å². The van der Waals surface area contributed by atoms with E-state index in [-0.39, 0.29) is 17.9 Å². The number of para-hydroxylation sites is 1. The lowest BCUT2D eigenvalue weighted by Crippen LogP contribution is -2.30. The van der Waals surface area contributed by atoms with E-state index in [0.717, 1.165) is 0 Å². The third kappa shape index (κ3) is 3.02. The molecule has 0 unspecified atom stereocenters. The van der Waals surface area contributed by atoms with Crippen LogP contribution in [0.15, 0.2) is 48.5 Å². The Kier molecular flexibility index (Phi) is 4.45. The van der Waals surface area contributed by atoms with Gasteiger partial charge in [-0.25, -0.2) is 8.78 Å². The number of carbonyl (C=O) groups is 1. The van der Waals surface area contributed by atoms with Gasteiger partial charge in [-0.05, 0) is 31.2 Å². The molecule has 0 N–H and O–H groups in total. The van der Waals surface area contributed by atoms with Gasteiger partial charge < -0.3 is 4.90 Å². The highest BCUT2D eigenvalue weighted by Crippen LogP contribution is 2.19. The highest BCUT2D eigenvalue weighted by atomic mass is 19.1. The van der Waals surface area contributed by atoms with Crippen molar-refractivity contribution in [1.29, 1.82) is 0 Å². The molecule has 0 bridgehead atoms. The summed E-state index contributed by atoms with van der Waals surface area (Å²) in [5.74, 6) is -1.31. The molecule has 2 rings (SSSR count). The normalized spacial score (nSPS) is 10.3. The third-order valence-corrected chi connectivity index (χ3v) is 3.08. The molecule has 20 heavy (non-hydrogen) atoms. The highest BCUT2D eigenvalue weighted by Gasteiger charge is 2.16. The van der Waals surface area contributed by atoms with Crippen molar-refractivity contribution in [1.82, 2.24) is 0 Å². The van der Waals surface area contributed by atoms with Crippen LogP contribution < -0.4 is 4.90 Å². The Morgan fingerprint density at radius 1 is 1.00 bits per heavy atom. The molecule has 4 heteroatoms. The fourth-order valence-corrected chi connectivity index (χ4v) is 2.02. The summed E-state index contributed by atoms with van der Waals surface area (Å²) < 4.78 is 27.3. The van der Waals surface area contributed by atoms with Gasteiger partial charge in [0.1, 0.15) is 11.6 Å². The van der Waals surface area contributed by atoms with E-state index in [1.807, 2.05) is 6.92 Å². The van der Waals surface area contributed by atoms with E-state index in [1.54, 1.807) is 29.2 Å². The summed E-state index contributed by atoms with van der Waals surface area (Å²) >= 11 is 0. The van der Waals surface area contributed by atoms with Crippen LogP contribution in [0.25, 0.3) is 0 Å². The molecule has 104 valence electrons. The van der Waals surface area contributed by atoms with Gasteiger partial charge in [0.2, 0.25) is 0 Å². The number of benzene rings is 2. The Morgan fingerprint density at radius 2 is 1.60 bits per heavy atom. The minimum atomic E-state index is -0.554. The quantitative estimate of drug-likeness (QED) is 0.776. The zero-order valence-electron chi connectivity index (χ0n) is 11.1. The van der Waals surface area contributed by atoms with E-state index in [2.05, 4.69) is 0 Å². The number of carbonyl (C=O) groups excluding carboxylic acids is 1. The fraction of sp³-hybridized carbons (Fsp3) is 0.188. The van der Waals surface area contributed by atoms with E-state index in [4.69, 9.17) is 0 Å². The lowest BCUT2D eigenvalue weighted by molar-refractivity contribution is 0.0995. The second kappa shape index (κ2) is 6.28. The topological polar surface area (TPSA) is 20.3 Å². The number of likely N-dealkylation sites (N-methyl/N-ethyl adjacent to an activating group) is 1. The van der Waals surface area contributed by atoms with Crippen molar-refractivity contribution in [2.75, 3.05) is 18.0 Å². The molecule has 2 aromatic rings. The summed E-state index contributed by atoms with van der Waals surface area (Å²) in [6, 6.07) is 12.1. The first kappa shape index (κ1) is 14.2. The van der Waals surface area contributed by atoms with Gasteiger partial charge >= 0.3 is 0 Å². The summed E-state index contributed by atoms with van der Waals surface area (Å²) in [6.45, 7) is 2.22. The van der Waals surface area contributed by atoms with E-state index < -0.39 is 11.6 Å². The molecule has 0 saturated carbocycles. The van der Waals surface area contributed by atoms with Gasteiger partial charge in [0.05, 0.1) is 17.8 Å². The third-order valence-electron chi connectivity index (χ3n) is 3.08. The van der Waals surface area contributed by atoms with Crippen LogP contribution in [-0.2, 0) is 0 Å². The Bertz CT molecular complexity index is 613. The molecule has 0 aliphatic heterocycles. The molecule has 0 heterocycles. The molecule has 0 fully saturated rings. The van der Waals surface area contributed by atoms with Crippen molar-refractivity contribution >= 4 is 11.5 Å². The van der Waals surface area contributed by atoms with Crippen molar-refractivity contribution in [2.24, 2.45) is 0 Å². The minimum Gasteiger partial charge on any atom is -0.362 e. The van der Waals surface area contributed by atoms with Gasteiger partial charge in [-0.1, -0.05) is 24.3 Å². The first-order chi connectivity index (χ1) is 9.63. The van der Waals surface area contributed by atoms with Crippen LogP contribution in [0.3, 0.4) is 0 Å². The number of halogens is 2. The summed E-state index contributed by atoms with van der Waals surface area (Å²) in [4.78, 5) is 13.7. The second-order valence-electron chi connectivity index (χ2n) is 4.37. The fourth-order valence-electron chi connectivity index (χ4n) is 2.02. The lowest BCUT2D eigenvalue weighted by Gasteiger charge is -2.22. The number of ketones is 1. The molecule has 0 aliphatic carbocycles. The zero-order chi connectivity index (χ0) is 14.5. The number of anilines is 1. The molecule has 0 aromatic heterocycles. The van der Waals surface area contributed by atoms with Crippen molar-refractivity contribution in [2.45, 2.75) is 6.92 Å². The molecule has 0 spiro atoms. The van der Waals surface area contributed by atoms with Crippen molar-refractivity contribution in [3.8, 4) is 0 Å². The van der Waals surface area contributed by atoms with E-state index >= 15 is 0 Å². The van der Waals surface area contributed by atoms with Crippen LogP contribution in [0.1, 0.15) is 17.3 Å². The van der Waals surface area contributed by atoms with Crippen LogP contribution in [-0.4, -0.2) is 18.9 Å². The molecule has 2 nitrogen and oxygen atoms in total. The monoisotopic (exact) mass is 275 g/mol. The Labute approximate surface area is 116 Å². The maximum atomic E-state index is 13.7. The van der Waals surface area contributed by atoms with E-state index in [1.165, 1.54) is 24.3 Å². The Morgan fingerprint density at radius 3 is 2.20 bits per heavy atom. The molecule has 0 radical (unpaired) electrons. The lowest BCUT2D eigenvalue weighted by atomic mass is 10.1. The molecule has 0 saturated heterocycles. The summed E-state index contributed by atoms with van der Waals surface area (Å²) in [7, 11) is 0. The molecular weight excluding hydrogens is 260 g/mol. The van der Waals surface area contributed by atoms with Crippen molar-refractivity contribution in [3.05, 3.63) is 65.7 Å². The Balaban J connectivity index is 2.21. The standard InChI is InChI=1S/C16H15F2NO/c1-2-19(15-10-6-5-9-14(15)18)11-16(20)12-7-3-4-8-13(12)17/h3-10H,2,11H2,1H3. The number of Topliss-reactive ketones (excluding diaryl/α,β-unsaturated/α-hetero) is 1. The minimum absolute atomic E-state index is 0.0299. The highest BCUT2D eigenvalue weighted by molar-refractivity contribution is 5.99. The number of nitrogens with zero attached hydrogens (tertiary/aromatic N) is 1. The smallest absolute Gasteiger partial charge is 0.185 e. The average molecular weight is 275 g/mol. The zero-order valence-corrected chi connectivity index (χ0v) is 11.1. The number of hydrogen-bond donors (Lipinski definition) is 0. The van der Waals surface area contributed by atoms with E-state index in [9.17, 15) is 13.6 Å². The van der Waals surface area contributed by atoms with Crippen LogP contribution in [0.5, 0.6) is 0 Å². The number of rotatable bonds is 5. The van der Waals surface area contributed by atoms with Crippen LogP contribution in [0, 0.1) is 11.6 Å². The second-order valence-corrected chi connectivity index (χ2v) is 4.37. The van der Waals surface area contributed by atoms with Gasteiger partial charge in [0.25, 0.3) is 0 Å². The Hall–Kier alpha value is -2.23. The van der Waals surface area contributed by atoms with Gasteiger partial charge in [0, 0.05) is 6.54 Å². The maximum absolute atomic E-state index is 13.7. The van der Waals surface area contributed by atoms with Crippen LogP contribution >= 0.6 is 0 Å². The molecule has 2 aromatic carbocycles. The average Bonchev–Trinajstić information content (AvgIpc) is 2.46. The largest absolute Gasteiger partial charge is 0.362 e. The molecule has 0 aliphatic rings. The van der Waals surface area contributed by atoms with Gasteiger partial charge in [-0.3, -0.25) is 4.79 Å². The first-order valence-electron chi connectivity index (χ1n) is 6.40. The predicted molar refractivity (Wildman–Crippen MR) is 75.0 cm³/mol. The van der Waals surface area contributed by atoms with Crippen molar-refractivity contribution < 1.29 is 13.6 Å². The maximum Gasteiger partial charge on any atom is 0.185 e. The molecule has 0 atom stereocenters.